The maximum atomic E-state index is 13.1. The number of carboxylic acid groups (broad SMARTS) is 1. The van der Waals surface area contributed by atoms with E-state index in [2.05, 4.69) is 10.3 Å². The predicted molar refractivity (Wildman–Crippen MR) is 101 cm³/mol. The Labute approximate surface area is 155 Å². The summed E-state index contributed by atoms with van der Waals surface area (Å²) < 4.78 is 0. The largest absolute Gasteiger partial charge is 0.478 e. The number of carbonyl (C=O) groups is 2. The van der Waals surface area contributed by atoms with Gasteiger partial charge in [0.25, 0.3) is 5.91 Å². The molecule has 4 rings (SSSR count). The SMILES string of the molecule is O=C(O)c1cc(NC(=O)c2c3c(nc4ccccc24)CCC3)ccc1CO. The summed E-state index contributed by atoms with van der Waals surface area (Å²) in [5.41, 5.74) is 3.97. The minimum Gasteiger partial charge on any atom is -0.478 e. The summed E-state index contributed by atoms with van der Waals surface area (Å²) in [6.07, 6.45) is 2.63. The quantitative estimate of drug-likeness (QED) is 0.662. The highest BCUT2D eigenvalue weighted by molar-refractivity contribution is 6.14. The maximum Gasteiger partial charge on any atom is 0.336 e. The van der Waals surface area contributed by atoms with Crippen LogP contribution >= 0.6 is 0 Å². The van der Waals surface area contributed by atoms with Gasteiger partial charge in [-0.05, 0) is 48.6 Å². The number of para-hydroxylation sites is 1. The molecule has 2 aromatic carbocycles. The highest BCUT2D eigenvalue weighted by Gasteiger charge is 2.24. The molecule has 0 atom stereocenters. The Morgan fingerprint density at radius 2 is 1.93 bits per heavy atom. The van der Waals surface area contributed by atoms with Crippen LogP contribution in [-0.2, 0) is 19.4 Å². The van der Waals surface area contributed by atoms with Crippen LogP contribution in [0.5, 0.6) is 0 Å². The summed E-state index contributed by atoms with van der Waals surface area (Å²) in [5, 5.41) is 22.2. The number of aliphatic hydroxyl groups is 1. The summed E-state index contributed by atoms with van der Waals surface area (Å²) in [7, 11) is 0. The van der Waals surface area contributed by atoms with Gasteiger partial charge < -0.3 is 15.5 Å². The third-order valence-electron chi connectivity index (χ3n) is 4.91. The van der Waals surface area contributed by atoms with Gasteiger partial charge in [-0.3, -0.25) is 9.78 Å². The first-order valence-corrected chi connectivity index (χ1v) is 8.77. The van der Waals surface area contributed by atoms with Crippen molar-refractivity contribution in [3.8, 4) is 0 Å². The summed E-state index contributed by atoms with van der Waals surface area (Å²) in [5.74, 6) is -1.43. The number of fused-ring (bicyclic) bond motifs is 2. The molecule has 1 amide bonds. The zero-order chi connectivity index (χ0) is 19.0. The van der Waals surface area contributed by atoms with Crippen LogP contribution in [0.1, 0.15) is 44.0 Å². The van der Waals surface area contributed by atoms with Crippen LogP contribution in [0.3, 0.4) is 0 Å². The monoisotopic (exact) mass is 362 g/mol. The van der Waals surface area contributed by atoms with Crippen molar-refractivity contribution in [2.75, 3.05) is 5.32 Å². The second-order valence-electron chi connectivity index (χ2n) is 6.57. The van der Waals surface area contributed by atoms with Gasteiger partial charge in [0, 0.05) is 16.8 Å². The van der Waals surface area contributed by atoms with Gasteiger partial charge in [0.1, 0.15) is 0 Å². The Kier molecular flexibility index (Phi) is 4.33. The smallest absolute Gasteiger partial charge is 0.336 e. The normalized spacial score (nSPS) is 12.8. The van der Waals surface area contributed by atoms with E-state index in [4.69, 9.17) is 0 Å². The van der Waals surface area contributed by atoms with Gasteiger partial charge in [0.05, 0.1) is 23.3 Å². The fourth-order valence-corrected chi connectivity index (χ4v) is 3.66. The molecule has 0 spiro atoms. The molecular weight excluding hydrogens is 344 g/mol. The summed E-state index contributed by atoms with van der Waals surface area (Å²) >= 11 is 0. The van der Waals surface area contributed by atoms with E-state index in [0.29, 0.717) is 16.8 Å². The van der Waals surface area contributed by atoms with Crippen LogP contribution in [-0.4, -0.2) is 27.1 Å². The van der Waals surface area contributed by atoms with Crippen LogP contribution in [0.2, 0.25) is 0 Å². The number of rotatable bonds is 4. The molecule has 6 nitrogen and oxygen atoms in total. The van der Waals surface area contributed by atoms with Crippen LogP contribution in [0.25, 0.3) is 10.9 Å². The van der Waals surface area contributed by atoms with Crippen LogP contribution in [0.15, 0.2) is 42.5 Å². The number of nitrogens with zero attached hydrogens (tertiary/aromatic N) is 1. The molecule has 3 N–H and O–H groups in total. The Bertz CT molecular complexity index is 1080. The number of benzene rings is 2. The van der Waals surface area contributed by atoms with E-state index in [1.54, 1.807) is 6.07 Å². The number of aliphatic hydroxyl groups excluding tert-OH is 1. The first-order valence-electron chi connectivity index (χ1n) is 8.77. The Balaban J connectivity index is 1.77. The standard InChI is InChI=1S/C21H18N2O4/c24-11-12-8-9-13(10-16(12)21(26)27)22-20(25)19-14-4-1-2-6-17(14)23-18-7-3-5-15(18)19/h1-2,4,6,8-10,24H,3,5,7,11H2,(H,22,25)(H,26,27). The molecule has 1 aliphatic carbocycles. The van der Waals surface area contributed by atoms with Gasteiger partial charge in [-0.15, -0.1) is 0 Å². The zero-order valence-electron chi connectivity index (χ0n) is 14.5. The fourth-order valence-electron chi connectivity index (χ4n) is 3.66. The molecule has 1 aliphatic rings. The molecular formula is C21H18N2O4. The maximum absolute atomic E-state index is 13.1. The van der Waals surface area contributed by atoms with E-state index in [9.17, 15) is 19.8 Å². The van der Waals surface area contributed by atoms with Crippen molar-refractivity contribution < 1.29 is 19.8 Å². The molecule has 0 saturated heterocycles. The molecule has 0 aliphatic heterocycles. The molecule has 0 fully saturated rings. The second-order valence-corrected chi connectivity index (χ2v) is 6.57. The van der Waals surface area contributed by atoms with Crippen LogP contribution in [0.4, 0.5) is 5.69 Å². The topological polar surface area (TPSA) is 99.5 Å². The molecule has 1 heterocycles. The Morgan fingerprint density at radius 3 is 2.70 bits per heavy atom. The van der Waals surface area contributed by atoms with Crippen LogP contribution < -0.4 is 5.32 Å². The van der Waals surface area contributed by atoms with Gasteiger partial charge in [0.15, 0.2) is 0 Å². The van der Waals surface area contributed by atoms with E-state index in [1.165, 1.54) is 12.1 Å². The minimum absolute atomic E-state index is 0.0277. The van der Waals surface area contributed by atoms with E-state index in [-0.39, 0.29) is 18.1 Å². The number of carbonyl (C=O) groups excluding carboxylic acids is 1. The van der Waals surface area contributed by atoms with E-state index < -0.39 is 5.97 Å². The van der Waals surface area contributed by atoms with Crippen molar-refractivity contribution in [2.24, 2.45) is 0 Å². The van der Waals surface area contributed by atoms with Crippen LogP contribution in [0, 0.1) is 0 Å². The van der Waals surface area contributed by atoms with Crippen molar-refractivity contribution in [1.82, 2.24) is 4.98 Å². The summed E-state index contributed by atoms with van der Waals surface area (Å²) in [6.45, 7) is -0.377. The number of anilines is 1. The zero-order valence-corrected chi connectivity index (χ0v) is 14.5. The van der Waals surface area contributed by atoms with Crippen molar-refractivity contribution in [1.29, 1.82) is 0 Å². The van der Waals surface area contributed by atoms with Crippen molar-refractivity contribution in [3.63, 3.8) is 0 Å². The molecule has 136 valence electrons. The molecule has 0 unspecified atom stereocenters. The first kappa shape index (κ1) is 17.2. The highest BCUT2D eigenvalue weighted by Crippen LogP contribution is 2.30. The molecule has 1 aromatic heterocycles. The van der Waals surface area contributed by atoms with Crippen molar-refractivity contribution in [2.45, 2.75) is 25.9 Å². The number of hydrogen-bond donors (Lipinski definition) is 3. The lowest BCUT2D eigenvalue weighted by Gasteiger charge is -2.13. The molecule has 0 bridgehead atoms. The number of aromatic nitrogens is 1. The molecule has 0 saturated carbocycles. The van der Waals surface area contributed by atoms with Gasteiger partial charge in [0.2, 0.25) is 0 Å². The number of amides is 1. The average molecular weight is 362 g/mol. The lowest BCUT2D eigenvalue weighted by atomic mass is 10.00. The molecule has 0 radical (unpaired) electrons. The number of carboxylic acids is 1. The third-order valence-corrected chi connectivity index (χ3v) is 4.91. The van der Waals surface area contributed by atoms with Crippen molar-refractivity contribution >= 4 is 28.5 Å². The number of nitrogens with one attached hydrogen (secondary N) is 1. The summed E-state index contributed by atoms with van der Waals surface area (Å²) in [4.78, 5) is 29.2. The van der Waals surface area contributed by atoms with E-state index in [1.807, 2.05) is 24.3 Å². The second kappa shape index (κ2) is 6.81. The molecule has 27 heavy (non-hydrogen) atoms. The molecule has 3 aromatic rings. The van der Waals surface area contributed by atoms with E-state index >= 15 is 0 Å². The number of hydrogen-bond acceptors (Lipinski definition) is 4. The lowest BCUT2D eigenvalue weighted by molar-refractivity contribution is 0.0693. The molecule has 6 heteroatoms. The first-order chi connectivity index (χ1) is 13.1. The van der Waals surface area contributed by atoms with Crippen molar-refractivity contribution in [3.05, 3.63) is 70.4 Å². The number of aryl methyl sites for hydroxylation is 1. The summed E-state index contributed by atoms with van der Waals surface area (Å²) in [6, 6.07) is 12.0. The number of aromatic carboxylic acids is 1. The predicted octanol–water partition coefficient (Wildman–Crippen LogP) is 3.17. The Hall–Kier alpha value is -3.25. The minimum atomic E-state index is -1.15. The van der Waals surface area contributed by atoms with E-state index in [0.717, 1.165) is 41.4 Å². The van der Waals surface area contributed by atoms with Gasteiger partial charge in [-0.25, -0.2) is 4.79 Å². The van der Waals surface area contributed by atoms with Gasteiger partial charge >= 0.3 is 5.97 Å². The number of pyridine rings is 1. The third kappa shape index (κ3) is 3.04. The van der Waals surface area contributed by atoms with Gasteiger partial charge in [-0.2, -0.15) is 0 Å². The van der Waals surface area contributed by atoms with Gasteiger partial charge in [-0.1, -0.05) is 24.3 Å². The fraction of sp³-hybridized carbons (Fsp3) is 0.190. The Morgan fingerprint density at radius 1 is 1.11 bits per heavy atom. The highest BCUT2D eigenvalue weighted by atomic mass is 16.4. The lowest BCUT2D eigenvalue weighted by Crippen LogP contribution is -2.16. The average Bonchev–Trinajstić information content (AvgIpc) is 3.13.